The first-order valence-corrected chi connectivity index (χ1v) is 7.40. The maximum Gasteiger partial charge on any atom is 0.0897 e. The van der Waals surface area contributed by atoms with Gasteiger partial charge in [-0.15, -0.1) is 0 Å². The van der Waals surface area contributed by atoms with Crippen molar-refractivity contribution in [2.75, 3.05) is 0 Å². The van der Waals surface area contributed by atoms with E-state index < -0.39 is 5.60 Å². The highest BCUT2D eigenvalue weighted by atomic mass is 35.5. The molecule has 1 aliphatic carbocycles. The number of hydrogen-bond acceptors (Lipinski definition) is 1. The van der Waals surface area contributed by atoms with Crippen LogP contribution in [0.25, 0.3) is 0 Å². The minimum absolute atomic E-state index is 0.360. The molecule has 2 rings (SSSR count). The summed E-state index contributed by atoms with van der Waals surface area (Å²) in [6.07, 6.45) is 6.01. The Morgan fingerprint density at radius 3 is 2.50 bits per heavy atom. The van der Waals surface area contributed by atoms with Gasteiger partial charge in [0.2, 0.25) is 0 Å². The maximum absolute atomic E-state index is 10.8. The standard InChI is InChI=1S/C16H23ClO/c1-3-12-7-9-13(10-8-12)16(2,18)14-5-4-6-15(17)11-14/h4-6,11-13,18H,3,7-10H2,1-2H3. The van der Waals surface area contributed by atoms with Crippen LogP contribution in [0.15, 0.2) is 24.3 Å². The molecule has 0 bridgehead atoms. The predicted octanol–water partition coefficient (Wildman–Crippen LogP) is 4.76. The monoisotopic (exact) mass is 266 g/mol. The summed E-state index contributed by atoms with van der Waals surface area (Å²) in [6, 6.07) is 7.66. The van der Waals surface area contributed by atoms with Gasteiger partial charge in [-0.3, -0.25) is 0 Å². The lowest BCUT2D eigenvalue weighted by molar-refractivity contribution is -0.0276. The first kappa shape index (κ1) is 13.9. The summed E-state index contributed by atoms with van der Waals surface area (Å²) in [6.45, 7) is 4.20. The van der Waals surface area contributed by atoms with Crippen LogP contribution in [0.3, 0.4) is 0 Å². The van der Waals surface area contributed by atoms with Crippen molar-refractivity contribution in [1.29, 1.82) is 0 Å². The average Bonchev–Trinajstić information content (AvgIpc) is 2.39. The summed E-state index contributed by atoms with van der Waals surface area (Å²) in [7, 11) is 0. The number of aliphatic hydroxyl groups is 1. The highest BCUT2D eigenvalue weighted by Gasteiger charge is 2.36. The number of hydrogen-bond donors (Lipinski definition) is 1. The Labute approximate surface area is 115 Å². The van der Waals surface area contributed by atoms with E-state index in [9.17, 15) is 5.11 Å². The van der Waals surface area contributed by atoms with Crippen LogP contribution >= 0.6 is 11.6 Å². The molecule has 100 valence electrons. The predicted molar refractivity (Wildman–Crippen MR) is 76.8 cm³/mol. The van der Waals surface area contributed by atoms with Crippen LogP contribution in [-0.2, 0) is 5.60 Å². The number of benzene rings is 1. The first-order valence-electron chi connectivity index (χ1n) is 7.02. The molecule has 1 unspecified atom stereocenters. The number of rotatable bonds is 3. The van der Waals surface area contributed by atoms with Gasteiger partial charge in [-0.1, -0.05) is 49.9 Å². The van der Waals surface area contributed by atoms with Crippen LogP contribution in [0.5, 0.6) is 0 Å². The lowest BCUT2D eigenvalue weighted by Gasteiger charge is -2.38. The van der Waals surface area contributed by atoms with Crippen LogP contribution in [0.2, 0.25) is 5.02 Å². The molecule has 1 fully saturated rings. The van der Waals surface area contributed by atoms with Crippen molar-refractivity contribution in [2.45, 2.75) is 51.6 Å². The smallest absolute Gasteiger partial charge is 0.0897 e. The quantitative estimate of drug-likeness (QED) is 0.836. The summed E-state index contributed by atoms with van der Waals surface area (Å²) in [5, 5.41) is 11.5. The molecule has 1 aliphatic rings. The zero-order chi connectivity index (χ0) is 13.2. The van der Waals surface area contributed by atoms with Gasteiger partial charge in [0.05, 0.1) is 5.60 Å². The third kappa shape index (κ3) is 2.89. The summed E-state index contributed by atoms with van der Waals surface area (Å²) in [5.41, 5.74) is 0.207. The fourth-order valence-corrected chi connectivity index (χ4v) is 3.36. The second kappa shape index (κ2) is 5.63. The van der Waals surface area contributed by atoms with Crippen LogP contribution in [-0.4, -0.2) is 5.11 Å². The molecule has 0 amide bonds. The van der Waals surface area contributed by atoms with E-state index in [1.165, 1.54) is 19.3 Å². The van der Waals surface area contributed by atoms with Crippen LogP contribution in [0, 0.1) is 11.8 Å². The second-order valence-electron chi connectivity index (χ2n) is 5.78. The van der Waals surface area contributed by atoms with E-state index in [-0.39, 0.29) is 0 Å². The van der Waals surface area contributed by atoms with Crippen molar-refractivity contribution in [1.82, 2.24) is 0 Å². The van der Waals surface area contributed by atoms with Crippen molar-refractivity contribution in [2.24, 2.45) is 11.8 Å². The van der Waals surface area contributed by atoms with Gasteiger partial charge in [0.1, 0.15) is 0 Å². The van der Waals surface area contributed by atoms with Crippen molar-refractivity contribution in [3.05, 3.63) is 34.9 Å². The molecule has 1 nitrogen and oxygen atoms in total. The van der Waals surface area contributed by atoms with Gasteiger partial charge in [0.15, 0.2) is 0 Å². The summed E-state index contributed by atoms with van der Waals surface area (Å²) in [5.74, 6) is 1.22. The van der Waals surface area contributed by atoms with E-state index >= 15 is 0 Å². The highest BCUT2D eigenvalue weighted by molar-refractivity contribution is 6.30. The van der Waals surface area contributed by atoms with E-state index in [1.807, 2.05) is 31.2 Å². The molecule has 1 N–H and O–H groups in total. The fourth-order valence-electron chi connectivity index (χ4n) is 3.17. The zero-order valence-corrected chi connectivity index (χ0v) is 12.1. The van der Waals surface area contributed by atoms with Crippen LogP contribution in [0.1, 0.15) is 51.5 Å². The first-order chi connectivity index (χ1) is 8.54. The van der Waals surface area contributed by atoms with E-state index in [1.54, 1.807) is 0 Å². The van der Waals surface area contributed by atoms with Gasteiger partial charge in [0.25, 0.3) is 0 Å². The summed E-state index contributed by atoms with van der Waals surface area (Å²) >= 11 is 6.02. The third-order valence-corrected chi connectivity index (χ3v) is 4.86. The summed E-state index contributed by atoms with van der Waals surface area (Å²) < 4.78 is 0. The molecule has 0 spiro atoms. The van der Waals surface area contributed by atoms with E-state index in [0.29, 0.717) is 10.9 Å². The Hall–Kier alpha value is -0.530. The molecule has 0 radical (unpaired) electrons. The van der Waals surface area contributed by atoms with Crippen LogP contribution < -0.4 is 0 Å². The van der Waals surface area contributed by atoms with Gasteiger partial charge < -0.3 is 5.11 Å². The molecule has 1 atom stereocenters. The maximum atomic E-state index is 10.8. The van der Waals surface area contributed by atoms with Crippen molar-refractivity contribution in [3.8, 4) is 0 Å². The molecule has 1 saturated carbocycles. The molecule has 0 aliphatic heterocycles. The third-order valence-electron chi connectivity index (χ3n) is 4.63. The van der Waals surface area contributed by atoms with Gasteiger partial charge in [-0.05, 0) is 49.3 Å². The minimum Gasteiger partial charge on any atom is -0.385 e. The zero-order valence-electron chi connectivity index (χ0n) is 11.3. The average molecular weight is 267 g/mol. The molecule has 1 aromatic rings. The molecular formula is C16H23ClO. The molecule has 0 saturated heterocycles. The van der Waals surface area contributed by atoms with Gasteiger partial charge in [-0.25, -0.2) is 0 Å². The molecular weight excluding hydrogens is 244 g/mol. The molecule has 1 aromatic carbocycles. The van der Waals surface area contributed by atoms with E-state index in [2.05, 4.69) is 6.92 Å². The molecule has 2 heteroatoms. The fraction of sp³-hybridized carbons (Fsp3) is 0.625. The molecule has 0 aromatic heterocycles. The lowest BCUT2D eigenvalue weighted by atomic mass is 9.71. The van der Waals surface area contributed by atoms with Crippen molar-refractivity contribution < 1.29 is 5.11 Å². The largest absolute Gasteiger partial charge is 0.385 e. The van der Waals surface area contributed by atoms with Crippen molar-refractivity contribution >= 4 is 11.6 Å². The Morgan fingerprint density at radius 2 is 1.94 bits per heavy atom. The molecule has 0 heterocycles. The van der Waals surface area contributed by atoms with E-state index in [4.69, 9.17) is 11.6 Å². The van der Waals surface area contributed by atoms with Gasteiger partial charge in [0, 0.05) is 5.02 Å². The highest BCUT2D eigenvalue weighted by Crippen LogP contribution is 2.41. The minimum atomic E-state index is -0.746. The SMILES string of the molecule is CCC1CCC(C(C)(O)c2cccc(Cl)c2)CC1. The Balaban J connectivity index is 2.11. The van der Waals surface area contributed by atoms with Crippen LogP contribution in [0.4, 0.5) is 0 Å². The number of halogens is 1. The Bertz CT molecular complexity index is 392. The van der Waals surface area contributed by atoms with Gasteiger partial charge >= 0.3 is 0 Å². The Morgan fingerprint density at radius 1 is 1.28 bits per heavy atom. The van der Waals surface area contributed by atoms with Crippen molar-refractivity contribution in [3.63, 3.8) is 0 Å². The van der Waals surface area contributed by atoms with E-state index in [0.717, 1.165) is 24.3 Å². The Kier molecular flexibility index (Phi) is 4.34. The van der Waals surface area contributed by atoms with Gasteiger partial charge in [-0.2, -0.15) is 0 Å². The topological polar surface area (TPSA) is 20.2 Å². The lowest BCUT2D eigenvalue weighted by Crippen LogP contribution is -2.34. The normalized spacial score (nSPS) is 27.8. The molecule has 18 heavy (non-hydrogen) atoms. The second-order valence-corrected chi connectivity index (χ2v) is 6.22. The summed E-state index contributed by atoms with van der Waals surface area (Å²) in [4.78, 5) is 0.